The fourth-order valence-electron chi connectivity index (χ4n) is 5.61. The molecule has 2 amide bonds. The number of allylic oxidation sites excluding steroid dienone is 2. The number of fused-ring (bicyclic) bond motifs is 1. The topological polar surface area (TPSA) is 98.1 Å². The summed E-state index contributed by atoms with van der Waals surface area (Å²) in [4.78, 5) is 27.8. The average Bonchev–Trinajstić information content (AvgIpc) is 3.11. The molecule has 3 N–H and O–H groups in total. The number of carbonyl (C=O) groups is 2. The number of benzene rings is 2. The van der Waals surface area contributed by atoms with Gasteiger partial charge in [-0.05, 0) is 56.4 Å². The van der Waals surface area contributed by atoms with E-state index in [2.05, 4.69) is 0 Å². The van der Waals surface area contributed by atoms with Crippen LogP contribution in [0.1, 0.15) is 45.1 Å². The predicted molar refractivity (Wildman–Crippen MR) is 135 cm³/mol. The maximum atomic E-state index is 13.4. The molecule has 6 nitrogen and oxygen atoms in total. The van der Waals surface area contributed by atoms with Crippen molar-refractivity contribution in [1.29, 1.82) is 0 Å². The molecule has 2 aromatic rings. The lowest BCUT2D eigenvalue weighted by Crippen LogP contribution is -2.38. The second kappa shape index (κ2) is 10.6. The maximum absolute atomic E-state index is 13.4. The maximum Gasteiger partial charge on any atom is 0.238 e. The Hall–Kier alpha value is -3.22. The van der Waals surface area contributed by atoms with E-state index >= 15 is 0 Å². The molecule has 0 unspecified atom stereocenters. The zero-order valence-corrected chi connectivity index (χ0v) is 20.2. The molecule has 6 heteroatoms. The zero-order valence-electron chi connectivity index (χ0n) is 20.2. The van der Waals surface area contributed by atoms with Crippen molar-refractivity contribution < 1.29 is 24.9 Å². The molecule has 1 aliphatic heterocycles. The summed E-state index contributed by atoms with van der Waals surface area (Å²) in [5.74, 6) is -2.14. The number of amides is 2. The number of aliphatic hydroxyl groups excluding tert-OH is 2. The highest BCUT2D eigenvalue weighted by molar-refractivity contribution is 6.22. The summed E-state index contributed by atoms with van der Waals surface area (Å²) in [6.07, 6.45) is 3.32. The Morgan fingerprint density at radius 2 is 1.77 bits per heavy atom. The normalized spacial score (nSPS) is 23.6. The van der Waals surface area contributed by atoms with Crippen molar-refractivity contribution in [3.05, 3.63) is 76.9 Å². The SMILES string of the molecule is CC/C(=C\c1ccccc1O)CC[C@@H](O)C1=C(C)C[C@H]2C(=O)N(c3ccccc3)C(=O)[C@H]2[C@H]1CO. The summed E-state index contributed by atoms with van der Waals surface area (Å²) >= 11 is 0. The fraction of sp³-hybridized carbons (Fsp3) is 0.379. The van der Waals surface area contributed by atoms with Gasteiger partial charge >= 0.3 is 0 Å². The molecule has 4 rings (SSSR count). The minimum atomic E-state index is -0.832. The number of phenolic OH excluding ortho intramolecular Hbond substituents is 1. The molecule has 35 heavy (non-hydrogen) atoms. The number of aromatic hydroxyl groups is 1. The van der Waals surface area contributed by atoms with E-state index in [9.17, 15) is 24.9 Å². The van der Waals surface area contributed by atoms with Gasteiger partial charge in [0.2, 0.25) is 11.8 Å². The Labute approximate surface area is 206 Å². The first-order valence-corrected chi connectivity index (χ1v) is 12.3. The molecule has 4 atom stereocenters. The molecule has 1 fully saturated rings. The standard InChI is InChI=1S/C29H33NO5/c1-3-19(16-20-9-7-8-12-24(20)32)13-14-25(33)26-18(2)15-22-27(23(26)17-31)29(35)30(28(22)34)21-10-5-4-6-11-21/h4-12,16,22-23,25,27,31-33H,3,13-15,17H2,1-2H3/b19-16+/t22-,23+,25-,27-/m1/s1. The smallest absolute Gasteiger partial charge is 0.238 e. The van der Waals surface area contributed by atoms with Crippen molar-refractivity contribution in [2.24, 2.45) is 17.8 Å². The molecule has 0 bridgehead atoms. The fourth-order valence-corrected chi connectivity index (χ4v) is 5.61. The number of rotatable bonds is 8. The third-order valence-corrected chi connectivity index (χ3v) is 7.39. The summed E-state index contributed by atoms with van der Waals surface area (Å²) < 4.78 is 0. The lowest BCUT2D eigenvalue weighted by atomic mass is 9.68. The molecule has 0 saturated carbocycles. The van der Waals surface area contributed by atoms with Crippen molar-refractivity contribution in [2.45, 2.75) is 45.6 Å². The number of nitrogens with zero attached hydrogens (tertiary/aromatic N) is 1. The number of anilines is 1. The van der Waals surface area contributed by atoms with Crippen LogP contribution in [0, 0.1) is 17.8 Å². The van der Waals surface area contributed by atoms with Crippen molar-refractivity contribution in [3.8, 4) is 5.75 Å². The van der Waals surface area contributed by atoms with Crippen LogP contribution in [-0.2, 0) is 9.59 Å². The van der Waals surface area contributed by atoms with E-state index in [4.69, 9.17) is 0 Å². The summed E-state index contributed by atoms with van der Waals surface area (Å²) in [6, 6.07) is 16.0. The Kier molecular flexibility index (Phi) is 7.53. The van der Waals surface area contributed by atoms with Crippen LogP contribution in [0.25, 0.3) is 6.08 Å². The van der Waals surface area contributed by atoms with Crippen LogP contribution >= 0.6 is 0 Å². The number of phenols is 1. The molecular formula is C29H33NO5. The first-order valence-electron chi connectivity index (χ1n) is 12.3. The van der Waals surface area contributed by atoms with Gasteiger partial charge in [-0.3, -0.25) is 14.5 Å². The van der Waals surface area contributed by atoms with Crippen LogP contribution in [0.2, 0.25) is 0 Å². The number of hydrogen-bond acceptors (Lipinski definition) is 5. The van der Waals surface area contributed by atoms with Crippen molar-refractivity contribution in [1.82, 2.24) is 0 Å². The van der Waals surface area contributed by atoms with Crippen molar-refractivity contribution in [3.63, 3.8) is 0 Å². The first-order chi connectivity index (χ1) is 16.9. The van der Waals surface area contributed by atoms with Crippen LogP contribution in [0.4, 0.5) is 5.69 Å². The van der Waals surface area contributed by atoms with E-state index in [0.717, 1.165) is 23.1 Å². The van der Waals surface area contributed by atoms with Crippen LogP contribution in [0.5, 0.6) is 5.75 Å². The summed E-state index contributed by atoms with van der Waals surface area (Å²) in [5, 5.41) is 31.6. The highest BCUT2D eigenvalue weighted by Gasteiger charge is 2.54. The quantitative estimate of drug-likeness (QED) is 0.387. The average molecular weight is 476 g/mol. The second-order valence-electron chi connectivity index (χ2n) is 9.48. The molecule has 0 aromatic heterocycles. The van der Waals surface area contributed by atoms with E-state index in [1.165, 1.54) is 4.90 Å². The van der Waals surface area contributed by atoms with Gasteiger partial charge in [0.15, 0.2) is 0 Å². The molecule has 2 aromatic carbocycles. The van der Waals surface area contributed by atoms with Gasteiger partial charge in [0.25, 0.3) is 0 Å². The van der Waals surface area contributed by atoms with E-state index in [1.54, 1.807) is 36.4 Å². The van der Waals surface area contributed by atoms with Gasteiger partial charge in [-0.15, -0.1) is 0 Å². The van der Waals surface area contributed by atoms with Gasteiger partial charge in [0, 0.05) is 11.5 Å². The molecule has 1 saturated heterocycles. The van der Waals surface area contributed by atoms with E-state index in [-0.39, 0.29) is 24.2 Å². The first kappa shape index (κ1) is 24.9. The Balaban J connectivity index is 1.55. The van der Waals surface area contributed by atoms with Gasteiger partial charge in [-0.2, -0.15) is 0 Å². The largest absolute Gasteiger partial charge is 0.507 e. The lowest BCUT2D eigenvalue weighted by molar-refractivity contribution is -0.123. The number of para-hydroxylation sites is 2. The van der Waals surface area contributed by atoms with Crippen LogP contribution in [0.3, 0.4) is 0 Å². The number of hydrogen-bond donors (Lipinski definition) is 3. The highest BCUT2D eigenvalue weighted by atomic mass is 16.3. The van der Waals surface area contributed by atoms with Gasteiger partial charge in [-0.25, -0.2) is 0 Å². The molecule has 184 valence electrons. The molecule has 2 aliphatic rings. The number of aliphatic hydroxyl groups is 2. The number of carbonyl (C=O) groups excluding carboxylic acids is 2. The molecular weight excluding hydrogens is 442 g/mol. The third-order valence-electron chi connectivity index (χ3n) is 7.39. The monoisotopic (exact) mass is 475 g/mol. The molecule has 0 radical (unpaired) electrons. The highest BCUT2D eigenvalue weighted by Crippen LogP contribution is 2.47. The third kappa shape index (κ3) is 4.81. The molecule has 1 heterocycles. The van der Waals surface area contributed by atoms with Gasteiger partial charge < -0.3 is 15.3 Å². The number of imide groups is 1. The van der Waals surface area contributed by atoms with E-state index in [0.29, 0.717) is 30.5 Å². The summed E-state index contributed by atoms with van der Waals surface area (Å²) in [5.41, 5.74) is 3.91. The van der Waals surface area contributed by atoms with Crippen LogP contribution in [0.15, 0.2) is 71.3 Å². The van der Waals surface area contributed by atoms with Crippen molar-refractivity contribution >= 4 is 23.6 Å². The van der Waals surface area contributed by atoms with Gasteiger partial charge in [0.05, 0.1) is 30.2 Å². The van der Waals surface area contributed by atoms with E-state index < -0.39 is 23.9 Å². The minimum absolute atomic E-state index is 0.212. The Morgan fingerprint density at radius 1 is 1.09 bits per heavy atom. The van der Waals surface area contributed by atoms with Gasteiger partial charge in [0.1, 0.15) is 5.75 Å². The van der Waals surface area contributed by atoms with Crippen LogP contribution in [-0.4, -0.2) is 39.8 Å². The van der Waals surface area contributed by atoms with E-state index in [1.807, 2.05) is 38.1 Å². The molecule has 1 aliphatic carbocycles. The predicted octanol–water partition coefficient (Wildman–Crippen LogP) is 4.46. The minimum Gasteiger partial charge on any atom is -0.507 e. The Bertz CT molecular complexity index is 1150. The zero-order chi connectivity index (χ0) is 25.1. The Morgan fingerprint density at radius 3 is 2.43 bits per heavy atom. The summed E-state index contributed by atoms with van der Waals surface area (Å²) in [6.45, 7) is 3.62. The van der Waals surface area contributed by atoms with Crippen LogP contribution < -0.4 is 4.90 Å². The molecule has 0 spiro atoms. The van der Waals surface area contributed by atoms with Gasteiger partial charge in [-0.1, -0.05) is 60.5 Å². The van der Waals surface area contributed by atoms with Crippen molar-refractivity contribution in [2.75, 3.05) is 11.5 Å². The lowest BCUT2D eigenvalue weighted by Gasteiger charge is -2.35. The second-order valence-corrected chi connectivity index (χ2v) is 9.48. The summed E-state index contributed by atoms with van der Waals surface area (Å²) in [7, 11) is 0.